The maximum absolute atomic E-state index is 4.92. The largest absolute Gasteiger partial charge is 0.353 e. The van der Waals surface area contributed by atoms with Crippen molar-refractivity contribution in [3.63, 3.8) is 0 Å². The summed E-state index contributed by atoms with van der Waals surface area (Å²) in [5.74, 6) is 2.83. The Morgan fingerprint density at radius 3 is 2.14 bits per heavy atom. The number of piperazine rings is 1. The Kier molecular flexibility index (Phi) is 5.89. The van der Waals surface area contributed by atoms with Gasteiger partial charge in [0.05, 0.1) is 0 Å². The smallest absolute Gasteiger partial charge is 0.227 e. The minimum Gasteiger partial charge on any atom is -0.353 e. The van der Waals surface area contributed by atoms with Crippen molar-refractivity contribution in [2.45, 2.75) is 26.4 Å². The molecule has 0 amide bonds. The van der Waals surface area contributed by atoms with E-state index in [2.05, 4.69) is 68.8 Å². The van der Waals surface area contributed by atoms with Crippen LogP contribution in [0.25, 0.3) is 0 Å². The lowest BCUT2D eigenvalue weighted by atomic mass is 10.2. The summed E-state index contributed by atoms with van der Waals surface area (Å²) in [4.78, 5) is 20.9. The molecule has 0 atom stereocenters. The Bertz CT molecular complexity index is 892. The molecule has 0 N–H and O–H groups in total. The van der Waals surface area contributed by atoms with E-state index in [1.807, 2.05) is 36.7 Å². The predicted octanol–water partition coefficient (Wildman–Crippen LogP) is 3.61. The molecular weight excluding hydrogens is 360 g/mol. The molecule has 3 aromatic rings. The summed E-state index contributed by atoms with van der Waals surface area (Å²) < 4.78 is 0. The normalized spacial score (nSPS) is 14.3. The molecule has 6 nitrogen and oxygen atoms in total. The van der Waals surface area contributed by atoms with Gasteiger partial charge in [-0.05, 0) is 37.6 Å². The highest BCUT2D eigenvalue weighted by atomic mass is 15.3. The molecule has 1 aliphatic rings. The van der Waals surface area contributed by atoms with Gasteiger partial charge in [-0.1, -0.05) is 36.4 Å². The summed E-state index contributed by atoms with van der Waals surface area (Å²) in [7, 11) is 0. The van der Waals surface area contributed by atoms with Crippen molar-refractivity contribution in [2.24, 2.45) is 0 Å². The lowest BCUT2D eigenvalue weighted by Crippen LogP contribution is -2.47. The van der Waals surface area contributed by atoms with Crippen LogP contribution in [-0.4, -0.2) is 47.2 Å². The monoisotopic (exact) mass is 388 g/mol. The van der Waals surface area contributed by atoms with E-state index in [1.165, 1.54) is 5.56 Å². The maximum atomic E-state index is 4.92. The fourth-order valence-electron chi connectivity index (χ4n) is 3.62. The van der Waals surface area contributed by atoms with Crippen LogP contribution in [0.4, 0.5) is 17.6 Å². The van der Waals surface area contributed by atoms with Crippen LogP contribution in [0, 0.1) is 0 Å². The van der Waals surface area contributed by atoms with Gasteiger partial charge >= 0.3 is 0 Å². The lowest BCUT2D eigenvalue weighted by molar-refractivity contribution is 0.633. The van der Waals surface area contributed by atoms with Crippen LogP contribution in [0.1, 0.15) is 19.4 Å². The summed E-state index contributed by atoms with van der Waals surface area (Å²) in [5, 5.41) is 0. The molecule has 0 saturated carbocycles. The summed E-state index contributed by atoms with van der Waals surface area (Å²) in [6, 6.07) is 18.9. The number of aromatic nitrogens is 3. The van der Waals surface area contributed by atoms with Crippen LogP contribution >= 0.6 is 0 Å². The molecule has 0 radical (unpaired) electrons. The third-order valence-electron chi connectivity index (χ3n) is 5.28. The standard InChI is InChI=1S/C23H28N6/c1-19(2)29(18-20-8-4-3-5-9-20)23-25-13-11-22(26-23)28-16-14-27(15-17-28)21-10-6-7-12-24-21/h3-13,19H,14-18H2,1-2H3. The van der Waals surface area contributed by atoms with Crippen molar-refractivity contribution >= 4 is 17.6 Å². The van der Waals surface area contributed by atoms with Gasteiger partial charge in [-0.2, -0.15) is 4.98 Å². The van der Waals surface area contributed by atoms with Gasteiger partial charge in [0.2, 0.25) is 5.95 Å². The minimum absolute atomic E-state index is 0.312. The van der Waals surface area contributed by atoms with E-state index in [9.17, 15) is 0 Å². The zero-order valence-electron chi connectivity index (χ0n) is 17.1. The van der Waals surface area contributed by atoms with Gasteiger partial charge in [0, 0.05) is 51.2 Å². The van der Waals surface area contributed by atoms with E-state index in [4.69, 9.17) is 4.98 Å². The number of rotatable bonds is 6. The van der Waals surface area contributed by atoms with Gasteiger partial charge in [-0.15, -0.1) is 0 Å². The lowest BCUT2D eigenvalue weighted by Gasteiger charge is -2.36. The first-order valence-corrected chi connectivity index (χ1v) is 10.3. The topological polar surface area (TPSA) is 48.4 Å². The van der Waals surface area contributed by atoms with Crippen LogP contribution in [-0.2, 0) is 6.54 Å². The van der Waals surface area contributed by atoms with Gasteiger partial charge in [-0.3, -0.25) is 0 Å². The van der Waals surface area contributed by atoms with Crippen LogP contribution in [0.3, 0.4) is 0 Å². The first kappa shape index (κ1) is 19.2. The molecule has 0 unspecified atom stereocenters. The Balaban J connectivity index is 1.47. The third-order valence-corrected chi connectivity index (χ3v) is 5.28. The fourth-order valence-corrected chi connectivity index (χ4v) is 3.62. The van der Waals surface area contributed by atoms with E-state index in [0.717, 1.165) is 50.3 Å². The molecule has 4 rings (SSSR count). The average Bonchev–Trinajstić information content (AvgIpc) is 2.79. The molecule has 6 heteroatoms. The second-order valence-electron chi connectivity index (χ2n) is 7.58. The first-order valence-electron chi connectivity index (χ1n) is 10.3. The minimum atomic E-state index is 0.312. The fraction of sp³-hybridized carbons (Fsp3) is 0.348. The zero-order chi connectivity index (χ0) is 20.1. The van der Waals surface area contributed by atoms with E-state index in [1.54, 1.807) is 0 Å². The highest BCUT2D eigenvalue weighted by Crippen LogP contribution is 2.21. The van der Waals surface area contributed by atoms with Crippen LogP contribution < -0.4 is 14.7 Å². The Labute approximate surface area is 172 Å². The van der Waals surface area contributed by atoms with Crippen molar-refractivity contribution < 1.29 is 0 Å². The summed E-state index contributed by atoms with van der Waals surface area (Å²) in [5.41, 5.74) is 1.26. The molecule has 0 spiro atoms. The van der Waals surface area contributed by atoms with E-state index in [0.29, 0.717) is 6.04 Å². The molecule has 1 fully saturated rings. The van der Waals surface area contributed by atoms with E-state index in [-0.39, 0.29) is 0 Å². The Morgan fingerprint density at radius 1 is 0.793 bits per heavy atom. The van der Waals surface area contributed by atoms with Crippen LogP contribution in [0.15, 0.2) is 67.0 Å². The summed E-state index contributed by atoms with van der Waals surface area (Å²) in [6.45, 7) is 8.90. The van der Waals surface area contributed by atoms with E-state index < -0.39 is 0 Å². The molecule has 1 aromatic carbocycles. The molecule has 3 heterocycles. The van der Waals surface area contributed by atoms with Crippen LogP contribution in [0.5, 0.6) is 0 Å². The maximum Gasteiger partial charge on any atom is 0.227 e. The number of pyridine rings is 1. The molecule has 2 aromatic heterocycles. The number of anilines is 3. The van der Waals surface area contributed by atoms with Gasteiger partial charge in [0.1, 0.15) is 11.6 Å². The molecule has 150 valence electrons. The Morgan fingerprint density at radius 2 is 1.48 bits per heavy atom. The second-order valence-corrected chi connectivity index (χ2v) is 7.58. The van der Waals surface area contributed by atoms with Crippen molar-refractivity contribution in [3.05, 3.63) is 72.6 Å². The van der Waals surface area contributed by atoms with Gasteiger partial charge in [-0.25, -0.2) is 9.97 Å². The molecule has 0 aliphatic carbocycles. The second kappa shape index (κ2) is 8.90. The van der Waals surface area contributed by atoms with Gasteiger partial charge < -0.3 is 14.7 Å². The average molecular weight is 389 g/mol. The number of benzene rings is 1. The van der Waals surface area contributed by atoms with Gasteiger partial charge in [0.25, 0.3) is 0 Å². The first-order chi connectivity index (χ1) is 14.2. The molecule has 1 aliphatic heterocycles. The van der Waals surface area contributed by atoms with Crippen molar-refractivity contribution in [1.29, 1.82) is 0 Å². The van der Waals surface area contributed by atoms with Crippen molar-refractivity contribution in [1.82, 2.24) is 15.0 Å². The van der Waals surface area contributed by atoms with Crippen LogP contribution in [0.2, 0.25) is 0 Å². The van der Waals surface area contributed by atoms with Crippen molar-refractivity contribution in [2.75, 3.05) is 40.9 Å². The highest BCUT2D eigenvalue weighted by Gasteiger charge is 2.21. The van der Waals surface area contributed by atoms with E-state index >= 15 is 0 Å². The molecule has 1 saturated heterocycles. The Hall–Kier alpha value is -3.15. The SMILES string of the molecule is CC(C)N(Cc1ccccc1)c1nccc(N2CCN(c3ccccn3)CC2)n1. The number of hydrogen-bond donors (Lipinski definition) is 0. The van der Waals surface area contributed by atoms with Gasteiger partial charge in [0.15, 0.2) is 0 Å². The molecular formula is C23H28N6. The number of hydrogen-bond acceptors (Lipinski definition) is 6. The summed E-state index contributed by atoms with van der Waals surface area (Å²) in [6.07, 6.45) is 3.73. The number of nitrogens with zero attached hydrogens (tertiary/aromatic N) is 6. The predicted molar refractivity (Wildman–Crippen MR) is 118 cm³/mol. The quantitative estimate of drug-likeness (QED) is 0.643. The highest BCUT2D eigenvalue weighted by molar-refractivity contribution is 5.47. The third kappa shape index (κ3) is 4.65. The molecule has 0 bridgehead atoms. The van der Waals surface area contributed by atoms with Crippen molar-refractivity contribution in [3.8, 4) is 0 Å². The molecule has 29 heavy (non-hydrogen) atoms. The zero-order valence-corrected chi connectivity index (χ0v) is 17.1. The summed E-state index contributed by atoms with van der Waals surface area (Å²) >= 11 is 0.